The first-order valence-electron chi connectivity index (χ1n) is 12.3. The van der Waals surface area contributed by atoms with E-state index in [4.69, 9.17) is 11.5 Å². The monoisotopic (exact) mass is 535 g/mol. The molecule has 8 heteroatoms. The van der Waals surface area contributed by atoms with Crippen LogP contribution < -0.4 is 11.5 Å². The molecule has 2 amide bonds. The Labute approximate surface area is 207 Å². The van der Waals surface area contributed by atoms with Crippen LogP contribution in [0, 0.1) is 39.7 Å². The number of benzene rings is 1. The van der Waals surface area contributed by atoms with Gasteiger partial charge in [-0.3, -0.25) is 9.59 Å². The van der Waals surface area contributed by atoms with Crippen molar-refractivity contribution in [2.75, 3.05) is 19.6 Å². The molecule has 1 saturated heterocycles. The van der Waals surface area contributed by atoms with Crippen molar-refractivity contribution in [2.45, 2.75) is 51.4 Å². The molecule has 4 N–H and O–H groups in total. The van der Waals surface area contributed by atoms with Crippen molar-refractivity contribution < 1.29 is 18.4 Å². The van der Waals surface area contributed by atoms with Gasteiger partial charge in [0.15, 0.2) is 11.6 Å². The van der Waals surface area contributed by atoms with Crippen LogP contribution in [0.4, 0.5) is 8.78 Å². The van der Waals surface area contributed by atoms with E-state index in [1.54, 1.807) is 0 Å². The molecule has 2 saturated carbocycles. The molecular formula is C26H32BrF2N3O2. The van der Waals surface area contributed by atoms with E-state index < -0.39 is 34.3 Å². The summed E-state index contributed by atoms with van der Waals surface area (Å²) in [7, 11) is 0. The van der Waals surface area contributed by atoms with E-state index in [2.05, 4.69) is 20.8 Å². The Morgan fingerprint density at radius 1 is 0.971 bits per heavy atom. The smallest absolute Gasteiger partial charge is 0.225 e. The largest absolute Gasteiger partial charge is 0.369 e. The fourth-order valence-corrected chi connectivity index (χ4v) is 8.09. The molecule has 0 unspecified atom stereocenters. The zero-order valence-electron chi connectivity index (χ0n) is 19.3. The lowest BCUT2D eigenvalue weighted by molar-refractivity contribution is -0.151. The maximum absolute atomic E-state index is 15.0. The quantitative estimate of drug-likeness (QED) is 0.283. The van der Waals surface area contributed by atoms with Gasteiger partial charge in [-0.15, -0.1) is 0 Å². The molecule has 1 spiro atoms. The third-order valence-corrected chi connectivity index (χ3v) is 9.99. The van der Waals surface area contributed by atoms with E-state index in [9.17, 15) is 14.0 Å². The lowest BCUT2D eigenvalue weighted by atomic mass is 9.53. The number of hydrogen-bond acceptors (Lipinski definition) is 3. The molecule has 0 aromatic heterocycles. The van der Waals surface area contributed by atoms with Crippen LogP contribution in [0.2, 0.25) is 0 Å². The molecule has 4 atom stereocenters. The van der Waals surface area contributed by atoms with Gasteiger partial charge < -0.3 is 16.4 Å². The van der Waals surface area contributed by atoms with Crippen molar-refractivity contribution in [1.29, 1.82) is 0 Å². The molecule has 1 aromatic rings. The number of primary amides is 2. The van der Waals surface area contributed by atoms with Crippen molar-refractivity contribution in [1.82, 2.24) is 4.90 Å². The normalized spacial score (nSPS) is 33.1. The van der Waals surface area contributed by atoms with Crippen molar-refractivity contribution in [3.63, 3.8) is 0 Å². The summed E-state index contributed by atoms with van der Waals surface area (Å²) < 4.78 is 29.5. The molecule has 3 aliphatic carbocycles. The third-order valence-electron chi connectivity index (χ3n) is 9.38. The first kappa shape index (κ1) is 23.9. The van der Waals surface area contributed by atoms with Gasteiger partial charge in [-0.2, -0.15) is 0 Å². The molecule has 34 heavy (non-hydrogen) atoms. The fraction of sp³-hybridized carbons (Fsp3) is 0.615. The van der Waals surface area contributed by atoms with Crippen molar-refractivity contribution in [3.05, 3.63) is 46.0 Å². The zero-order valence-corrected chi connectivity index (χ0v) is 20.9. The van der Waals surface area contributed by atoms with Gasteiger partial charge in [-0.05, 0) is 109 Å². The summed E-state index contributed by atoms with van der Waals surface area (Å²) in [6.07, 6.45) is 10.1. The van der Waals surface area contributed by atoms with Crippen LogP contribution in [0.25, 0.3) is 0 Å². The predicted molar refractivity (Wildman–Crippen MR) is 128 cm³/mol. The Morgan fingerprint density at radius 3 is 2.18 bits per heavy atom. The Morgan fingerprint density at radius 2 is 1.59 bits per heavy atom. The summed E-state index contributed by atoms with van der Waals surface area (Å²) >= 11 is 3.02. The molecule has 2 bridgehead atoms. The minimum Gasteiger partial charge on any atom is -0.369 e. The fourth-order valence-electron chi connectivity index (χ4n) is 7.78. The highest BCUT2D eigenvalue weighted by molar-refractivity contribution is 9.10. The van der Waals surface area contributed by atoms with E-state index in [1.807, 2.05) is 12.2 Å². The number of hydrogen-bond donors (Lipinski definition) is 2. The summed E-state index contributed by atoms with van der Waals surface area (Å²) in [6.45, 7) is 3.13. The van der Waals surface area contributed by atoms with E-state index in [0.717, 1.165) is 45.3 Å². The van der Waals surface area contributed by atoms with Crippen molar-refractivity contribution in [3.8, 4) is 0 Å². The number of nitrogens with two attached hydrogens (primary N) is 2. The summed E-state index contributed by atoms with van der Waals surface area (Å²) in [5.74, 6) is -3.72. The van der Waals surface area contributed by atoms with Crippen molar-refractivity contribution in [2.24, 2.45) is 39.5 Å². The summed E-state index contributed by atoms with van der Waals surface area (Å²) in [4.78, 5) is 29.2. The highest BCUT2D eigenvalue weighted by Gasteiger charge is 2.81. The van der Waals surface area contributed by atoms with E-state index in [0.29, 0.717) is 6.42 Å². The molecule has 0 radical (unpaired) electrons. The average Bonchev–Trinajstić information content (AvgIpc) is 3.17. The minimum absolute atomic E-state index is 0.0106. The zero-order chi connectivity index (χ0) is 24.3. The first-order chi connectivity index (χ1) is 16.2. The molecule has 1 aliphatic heterocycles. The Balaban J connectivity index is 1.54. The van der Waals surface area contributed by atoms with Gasteiger partial charge in [0.25, 0.3) is 0 Å². The third kappa shape index (κ3) is 3.16. The van der Waals surface area contributed by atoms with Crippen LogP contribution in [-0.2, 0) is 16.0 Å². The molecule has 184 valence electrons. The van der Waals surface area contributed by atoms with E-state index in [1.165, 1.54) is 25.0 Å². The van der Waals surface area contributed by atoms with E-state index in [-0.39, 0.29) is 33.7 Å². The topological polar surface area (TPSA) is 89.4 Å². The van der Waals surface area contributed by atoms with Gasteiger partial charge in [0.1, 0.15) is 0 Å². The molecule has 4 aliphatic rings. The number of carbonyl (C=O) groups is 2. The van der Waals surface area contributed by atoms with Gasteiger partial charge in [-0.1, -0.05) is 24.6 Å². The maximum Gasteiger partial charge on any atom is 0.225 e. The van der Waals surface area contributed by atoms with Crippen LogP contribution in [0.3, 0.4) is 0 Å². The van der Waals surface area contributed by atoms with Gasteiger partial charge in [0.2, 0.25) is 11.8 Å². The maximum atomic E-state index is 15.0. The van der Waals surface area contributed by atoms with Gasteiger partial charge in [0.05, 0.1) is 15.3 Å². The highest BCUT2D eigenvalue weighted by atomic mass is 79.9. The number of unbranched alkanes of at least 4 members (excludes halogenated alkanes) is 1. The second-order valence-electron chi connectivity index (χ2n) is 10.8. The number of nitrogens with zero attached hydrogens (tertiary/aromatic N) is 1. The molecule has 1 heterocycles. The second kappa shape index (κ2) is 8.40. The molecule has 5 rings (SSSR count). The van der Waals surface area contributed by atoms with Crippen molar-refractivity contribution >= 4 is 27.7 Å². The Bertz CT molecular complexity index is 1050. The van der Waals surface area contributed by atoms with Crippen LogP contribution >= 0.6 is 15.9 Å². The highest BCUT2D eigenvalue weighted by Crippen LogP contribution is 2.81. The standard InChI is InChI=1S/C26H32BrF2N3O2/c27-17-6-5-16(20(28)21(17)29)15-26(23(31)34)19-8-7-18(24(19)10-11-24)25(26,22(30)33)9-1-2-12-32-13-3-4-14-32/h5-8,18-19H,1-4,9-15H2,(H2,30,33)(H2,31,34)/t18-,19+,25+,26+/m1/s1. The SMILES string of the molecule is NC(=O)[C@]1(CCCCN2CCCC2)[C@@H]2C=C[C@@H](C23CC3)[C@@]1(Cc1ccc(Br)c(F)c1F)C(N)=O. The lowest BCUT2D eigenvalue weighted by Crippen LogP contribution is -2.60. The Kier molecular flexibility index (Phi) is 5.91. The van der Waals surface area contributed by atoms with Crippen LogP contribution in [0.1, 0.15) is 50.5 Å². The number of carbonyl (C=O) groups excluding carboxylic acids is 2. The minimum atomic E-state index is -1.39. The molecular weight excluding hydrogens is 504 g/mol. The first-order valence-corrected chi connectivity index (χ1v) is 13.1. The number of rotatable bonds is 9. The van der Waals surface area contributed by atoms with Crippen LogP contribution in [0.15, 0.2) is 28.8 Å². The summed E-state index contributed by atoms with van der Waals surface area (Å²) in [5, 5.41) is 0. The molecule has 3 fully saturated rings. The van der Waals surface area contributed by atoms with Gasteiger partial charge in [0, 0.05) is 0 Å². The lowest BCUT2D eigenvalue weighted by Gasteiger charge is -2.48. The number of halogens is 3. The summed E-state index contributed by atoms with van der Waals surface area (Å²) in [5.41, 5.74) is 9.53. The van der Waals surface area contributed by atoms with E-state index >= 15 is 4.39 Å². The predicted octanol–water partition coefficient (Wildman–Crippen LogP) is 4.08. The van der Waals surface area contributed by atoms with Crippen LogP contribution in [0.5, 0.6) is 0 Å². The second-order valence-corrected chi connectivity index (χ2v) is 11.6. The average molecular weight is 536 g/mol. The van der Waals surface area contributed by atoms with Gasteiger partial charge in [-0.25, -0.2) is 8.78 Å². The number of amides is 2. The molecule has 5 nitrogen and oxygen atoms in total. The number of likely N-dealkylation sites (tertiary alicyclic amines) is 1. The molecule has 1 aromatic carbocycles. The van der Waals surface area contributed by atoms with Gasteiger partial charge >= 0.3 is 0 Å². The number of allylic oxidation sites excluding steroid dienone is 2. The summed E-state index contributed by atoms with van der Waals surface area (Å²) in [6, 6.07) is 2.90. The van der Waals surface area contributed by atoms with Crippen LogP contribution in [-0.4, -0.2) is 36.3 Å². The Hall–Kier alpha value is -1.80.